The Labute approximate surface area is 184 Å². The average molecular weight is 419 g/mol. The highest BCUT2D eigenvalue weighted by Gasteiger charge is 2.09. The second-order valence-corrected chi connectivity index (χ2v) is 7.36. The third kappa shape index (κ3) is 8.74. The normalized spacial score (nSPS) is 11.0. The Hall–Kier alpha value is -3.60. The second-order valence-electron chi connectivity index (χ2n) is 7.36. The molecule has 0 bridgehead atoms. The van der Waals surface area contributed by atoms with Gasteiger partial charge in [0.25, 0.3) is 5.91 Å². The van der Waals surface area contributed by atoms with Crippen molar-refractivity contribution in [2.75, 3.05) is 5.32 Å². The van der Waals surface area contributed by atoms with Gasteiger partial charge in [-0.25, -0.2) is 0 Å². The van der Waals surface area contributed by atoms with Gasteiger partial charge >= 0.3 is 0 Å². The van der Waals surface area contributed by atoms with Gasteiger partial charge in [-0.15, -0.1) is 0 Å². The zero-order chi connectivity index (χ0) is 22.5. The summed E-state index contributed by atoms with van der Waals surface area (Å²) in [5.74, 6) is 0.684. The van der Waals surface area contributed by atoms with Crippen molar-refractivity contribution >= 4 is 18.0 Å². The molecular weight excluding hydrogens is 388 g/mol. The summed E-state index contributed by atoms with van der Waals surface area (Å²) < 4.78 is 5.48. The van der Waals surface area contributed by atoms with Crippen LogP contribution < -0.4 is 15.4 Å². The van der Waals surface area contributed by atoms with Crippen molar-refractivity contribution in [3.8, 4) is 5.75 Å². The molecule has 0 spiro atoms. The maximum Gasteiger partial charge on any atom is 0.251 e. The molecule has 1 unspecified atom stereocenters. The smallest absolute Gasteiger partial charge is 0.251 e. The van der Waals surface area contributed by atoms with Crippen molar-refractivity contribution in [1.29, 1.82) is 0 Å². The number of amides is 2. The lowest BCUT2D eigenvalue weighted by atomic mass is 10.1. The summed E-state index contributed by atoms with van der Waals surface area (Å²) in [5, 5.41) is 5.58. The fourth-order valence-corrected chi connectivity index (χ4v) is 2.92. The molecule has 31 heavy (non-hydrogen) atoms. The lowest BCUT2D eigenvalue weighted by molar-refractivity contribution is -0.105. The van der Waals surface area contributed by atoms with E-state index in [1.165, 1.54) is 5.56 Å². The van der Waals surface area contributed by atoms with Gasteiger partial charge in [0.15, 0.2) is 0 Å². The zero-order valence-electron chi connectivity index (χ0n) is 18.2. The molecule has 3 rings (SSSR count). The average Bonchev–Trinajstić information content (AvgIpc) is 2.77. The Balaban J connectivity index is 0.000000233. The van der Waals surface area contributed by atoms with Crippen LogP contribution in [0.25, 0.3) is 0 Å². The van der Waals surface area contributed by atoms with E-state index in [0.717, 1.165) is 6.42 Å². The van der Waals surface area contributed by atoms with Gasteiger partial charge < -0.3 is 15.4 Å². The largest absolute Gasteiger partial charge is 0.489 e. The minimum Gasteiger partial charge on any atom is -0.489 e. The molecule has 1 atom stereocenters. The van der Waals surface area contributed by atoms with Crippen LogP contribution in [-0.2, 0) is 11.2 Å². The molecule has 0 aromatic heterocycles. The number of rotatable bonds is 8. The predicted molar refractivity (Wildman–Crippen MR) is 125 cm³/mol. The highest BCUT2D eigenvalue weighted by atomic mass is 16.5. The second kappa shape index (κ2) is 12.9. The topological polar surface area (TPSA) is 67.4 Å². The third-order valence-electron chi connectivity index (χ3n) is 4.26. The van der Waals surface area contributed by atoms with Crippen molar-refractivity contribution in [3.63, 3.8) is 0 Å². The van der Waals surface area contributed by atoms with Gasteiger partial charge in [-0.1, -0.05) is 60.7 Å². The van der Waals surface area contributed by atoms with E-state index in [-0.39, 0.29) is 18.1 Å². The SMILES string of the molecule is CC(C)Oc1ccccc1NC=O.CC(Cc1ccccc1)NC(=O)c1ccccc1. The van der Waals surface area contributed by atoms with Crippen molar-refractivity contribution in [2.24, 2.45) is 0 Å². The van der Waals surface area contributed by atoms with E-state index in [0.29, 0.717) is 23.4 Å². The molecule has 0 aliphatic rings. The number of benzene rings is 3. The third-order valence-corrected chi connectivity index (χ3v) is 4.26. The zero-order valence-corrected chi connectivity index (χ0v) is 18.2. The van der Waals surface area contributed by atoms with Crippen LogP contribution in [-0.4, -0.2) is 24.5 Å². The lowest BCUT2D eigenvalue weighted by Gasteiger charge is -2.14. The molecule has 5 heteroatoms. The van der Waals surface area contributed by atoms with Crippen molar-refractivity contribution < 1.29 is 14.3 Å². The molecule has 2 N–H and O–H groups in total. The fourth-order valence-electron chi connectivity index (χ4n) is 2.92. The van der Waals surface area contributed by atoms with Crippen LogP contribution in [0.5, 0.6) is 5.75 Å². The van der Waals surface area contributed by atoms with E-state index in [1.54, 1.807) is 6.07 Å². The fraction of sp³-hybridized carbons (Fsp3) is 0.231. The summed E-state index contributed by atoms with van der Waals surface area (Å²) in [5.41, 5.74) is 2.64. The lowest BCUT2D eigenvalue weighted by Crippen LogP contribution is -2.34. The molecule has 0 aliphatic heterocycles. The van der Waals surface area contributed by atoms with Crippen LogP contribution in [0, 0.1) is 0 Å². The molecule has 5 nitrogen and oxygen atoms in total. The van der Waals surface area contributed by atoms with Crippen LogP contribution in [0.4, 0.5) is 5.69 Å². The molecular formula is C26H30N2O3. The Morgan fingerprint density at radius 1 is 0.871 bits per heavy atom. The van der Waals surface area contributed by atoms with E-state index >= 15 is 0 Å². The van der Waals surface area contributed by atoms with Gasteiger partial charge in [-0.3, -0.25) is 9.59 Å². The minimum atomic E-state index is -0.0148. The molecule has 2 amide bonds. The summed E-state index contributed by atoms with van der Waals surface area (Å²) in [4.78, 5) is 22.2. The van der Waals surface area contributed by atoms with Crippen LogP contribution in [0.1, 0.15) is 36.7 Å². The van der Waals surface area contributed by atoms with Gasteiger partial charge in [0.1, 0.15) is 5.75 Å². The summed E-state index contributed by atoms with van der Waals surface area (Å²) in [7, 11) is 0. The maximum atomic E-state index is 11.9. The monoisotopic (exact) mass is 418 g/mol. The quantitative estimate of drug-likeness (QED) is 0.501. The minimum absolute atomic E-state index is 0.0148. The first-order valence-electron chi connectivity index (χ1n) is 10.3. The molecule has 3 aromatic rings. The van der Waals surface area contributed by atoms with E-state index in [9.17, 15) is 9.59 Å². The summed E-state index contributed by atoms with van der Waals surface area (Å²) in [6, 6.07) is 26.9. The number of anilines is 1. The molecule has 0 aliphatic carbocycles. The number of hydrogen-bond acceptors (Lipinski definition) is 3. The first-order chi connectivity index (χ1) is 15.0. The Kier molecular flexibility index (Phi) is 9.82. The van der Waals surface area contributed by atoms with Crippen LogP contribution in [0.3, 0.4) is 0 Å². The van der Waals surface area contributed by atoms with E-state index in [1.807, 2.05) is 87.5 Å². The standard InChI is InChI=1S/C16H17NO.C10H13NO2/c1-13(12-14-8-4-2-5-9-14)17-16(18)15-10-6-3-7-11-15;1-8(2)13-10-6-4-3-5-9(10)11-7-12/h2-11,13H,12H2,1H3,(H,17,18);3-8H,1-2H3,(H,11,12). The van der Waals surface area contributed by atoms with Crippen molar-refractivity contribution in [3.05, 3.63) is 96.1 Å². The van der Waals surface area contributed by atoms with E-state index < -0.39 is 0 Å². The van der Waals surface area contributed by atoms with E-state index in [2.05, 4.69) is 22.8 Å². The van der Waals surface area contributed by atoms with Gasteiger partial charge in [-0.2, -0.15) is 0 Å². The highest BCUT2D eigenvalue weighted by molar-refractivity contribution is 5.94. The number of ether oxygens (including phenoxy) is 1. The van der Waals surface area contributed by atoms with Crippen LogP contribution in [0.2, 0.25) is 0 Å². The molecule has 162 valence electrons. The number of para-hydroxylation sites is 2. The maximum absolute atomic E-state index is 11.9. The molecule has 0 heterocycles. The van der Waals surface area contributed by atoms with E-state index in [4.69, 9.17) is 4.74 Å². The first-order valence-corrected chi connectivity index (χ1v) is 10.3. The Bertz CT molecular complexity index is 928. The summed E-state index contributed by atoms with van der Waals surface area (Å²) >= 11 is 0. The van der Waals surface area contributed by atoms with Gasteiger partial charge in [0, 0.05) is 11.6 Å². The molecule has 0 saturated heterocycles. The summed E-state index contributed by atoms with van der Waals surface area (Å²) in [6.45, 7) is 5.91. The van der Waals surface area contributed by atoms with Gasteiger partial charge in [0.2, 0.25) is 6.41 Å². The summed E-state index contributed by atoms with van der Waals surface area (Å²) in [6.07, 6.45) is 1.59. The molecule has 0 saturated carbocycles. The number of nitrogens with one attached hydrogen (secondary N) is 2. The Morgan fingerprint density at radius 2 is 1.45 bits per heavy atom. The Morgan fingerprint density at radius 3 is 2.06 bits per heavy atom. The van der Waals surface area contributed by atoms with Gasteiger partial charge in [-0.05, 0) is 57.0 Å². The van der Waals surface area contributed by atoms with Crippen LogP contribution in [0.15, 0.2) is 84.9 Å². The molecule has 3 aromatic carbocycles. The molecule has 0 radical (unpaired) electrons. The highest BCUT2D eigenvalue weighted by Crippen LogP contribution is 2.23. The van der Waals surface area contributed by atoms with Crippen molar-refractivity contribution in [1.82, 2.24) is 5.32 Å². The first kappa shape index (κ1) is 23.7. The van der Waals surface area contributed by atoms with Gasteiger partial charge in [0.05, 0.1) is 11.8 Å². The molecule has 0 fully saturated rings. The predicted octanol–water partition coefficient (Wildman–Crippen LogP) is 5.09. The number of carbonyl (C=O) groups excluding carboxylic acids is 2. The van der Waals surface area contributed by atoms with Crippen molar-refractivity contribution in [2.45, 2.75) is 39.3 Å². The van der Waals surface area contributed by atoms with Crippen LogP contribution >= 0.6 is 0 Å². The number of hydrogen-bond donors (Lipinski definition) is 2. The number of carbonyl (C=O) groups is 2.